The van der Waals surface area contributed by atoms with Gasteiger partial charge in [0.15, 0.2) is 0 Å². The summed E-state index contributed by atoms with van der Waals surface area (Å²) in [6.07, 6.45) is 2.43. The minimum Gasteiger partial charge on any atom is -0.392 e. The molecule has 1 saturated heterocycles. The van der Waals surface area contributed by atoms with E-state index < -0.39 is 0 Å². The quantitative estimate of drug-likeness (QED) is 0.327. The number of fused-ring (bicyclic) bond motifs is 1. The molecular weight excluding hydrogens is 570 g/mol. The van der Waals surface area contributed by atoms with Crippen LogP contribution in [0.2, 0.25) is 0 Å². The molecule has 1 aromatic heterocycles. The molecule has 2 N–H and O–H groups in total. The van der Waals surface area contributed by atoms with Crippen molar-refractivity contribution in [2.45, 2.75) is 13.0 Å². The number of aliphatic hydroxyl groups is 1. The molecular formula is C35H37N5O5. The molecule has 0 atom stereocenters. The summed E-state index contributed by atoms with van der Waals surface area (Å²) in [4.78, 5) is 45.2. The zero-order valence-electron chi connectivity index (χ0n) is 25.7. The number of carbonyl (C=O) groups excluding carboxylic acids is 2. The van der Waals surface area contributed by atoms with Gasteiger partial charge < -0.3 is 34.4 Å². The van der Waals surface area contributed by atoms with Gasteiger partial charge in [-0.05, 0) is 72.1 Å². The Kier molecular flexibility index (Phi) is 8.42. The molecule has 2 aliphatic heterocycles. The Labute approximate surface area is 262 Å². The van der Waals surface area contributed by atoms with Crippen molar-refractivity contribution in [3.63, 3.8) is 0 Å². The van der Waals surface area contributed by atoms with Crippen LogP contribution in [0.3, 0.4) is 0 Å². The maximum atomic E-state index is 13.7. The molecule has 3 aromatic carbocycles. The highest BCUT2D eigenvalue weighted by Crippen LogP contribution is 2.35. The van der Waals surface area contributed by atoms with Crippen molar-refractivity contribution in [3.8, 4) is 11.1 Å². The van der Waals surface area contributed by atoms with Crippen molar-refractivity contribution in [2.75, 3.05) is 62.1 Å². The van der Waals surface area contributed by atoms with Crippen molar-refractivity contribution in [1.82, 2.24) is 9.47 Å². The number of ether oxygens (including phenoxy) is 1. The number of carbonyl (C=O) groups is 2. The van der Waals surface area contributed by atoms with Gasteiger partial charge in [-0.15, -0.1) is 0 Å². The molecule has 0 spiro atoms. The number of aryl methyl sites for hydroxylation is 1. The molecule has 0 unspecified atom stereocenters. The van der Waals surface area contributed by atoms with E-state index in [2.05, 4.69) is 11.4 Å². The zero-order valence-corrected chi connectivity index (χ0v) is 25.7. The summed E-state index contributed by atoms with van der Waals surface area (Å²) in [5, 5.41) is 13.8. The molecule has 6 rings (SSSR count). The van der Waals surface area contributed by atoms with Gasteiger partial charge in [-0.25, -0.2) is 0 Å². The number of morpholine rings is 1. The van der Waals surface area contributed by atoms with Crippen molar-refractivity contribution in [3.05, 3.63) is 106 Å². The molecule has 3 heterocycles. The Balaban J connectivity index is 1.28. The second-order valence-electron chi connectivity index (χ2n) is 11.6. The standard InChI is InChI=1S/C35H37N5O5/c1-37(2)27-11-12-29-24(19-27)13-14-40(34(29)43)32-6-4-5-28(30(32)22-41)25-20-31(35(44)38(3)21-25)36-26-9-7-23(8-10-26)33(42)39-15-17-45-18-16-39/h4-12,19-21,36,41H,13-18,22H2,1-3H3. The van der Waals surface area contributed by atoms with E-state index in [1.165, 1.54) is 4.57 Å². The summed E-state index contributed by atoms with van der Waals surface area (Å²) in [5.41, 5.74) is 6.75. The van der Waals surface area contributed by atoms with Crippen LogP contribution in [0.25, 0.3) is 11.1 Å². The van der Waals surface area contributed by atoms with Crippen molar-refractivity contribution in [1.29, 1.82) is 0 Å². The largest absolute Gasteiger partial charge is 0.392 e. The van der Waals surface area contributed by atoms with Gasteiger partial charge >= 0.3 is 0 Å². The van der Waals surface area contributed by atoms with Crippen LogP contribution >= 0.6 is 0 Å². The van der Waals surface area contributed by atoms with E-state index in [-0.39, 0.29) is 24.0 Å². The number of pyridine rings is 1. The Morgan fingerprint density at radius 3 is 2.42 bits per heavy atom. The number of anilines is 4. The van der Waals surface area contributed by atoms with Gasteiger partial charge in [-0.1, -0.05) is 12.1 Å². The molecule has 45 heavy (non-hydrogen) atoms. The fourth-order valence-corrected chi connectivity index (χ4v) is 6.00. The monoisotopic (exact) mass is 607 g/mol. The number of amides is 2. The van der Waals surface area contributed by atoms with E-state index in [1.54, 1.807) is 53.4 Å². The van der Waals surface area contributed by atoms with Gasteiger partial charge in [0.1, 0.15) is 5.69 Å². The Hall–Kier alpha value is -4.93. The van der Waals surface area contributed by atoms with Crippen molar-refractivity contribution >= 4 is 34.6 Å². The number of aromatic nitrogens is 1. The third kappa shape index (κ3) is 5.94. The molecule has 2 amide bonds. The van der Waals surface area contributed by atoms with Crippen LogP contribution < -0.4 is 20.7 Å². The first kappa shape index (κ1) is 30.1. The maximum absolute atomic E-state index is 13.7. The van der Waals surface area contributed by atoms with E-state index in [0.29, 0.717) is 78.6 Å². The summed E-state index contributed by atoms with van der Waals surface area (Å²) < 4.78 is 6.84. The smallest absolute Gasteiger partial charge is 0.274 e. The zero-order chi connectivity index (χ0) is 31.7. The molecule has 10 heteroatoms. The Bertz CT molecular complexity index is 1810. The SMILES string of the molecule is CN(C)c1ccc2c(c1)CCN(c1cccc(-c3cc(Nc4ccc(C(=O)N5CCOCC5)cc4)c(=O)n(C)c3)c1CO)C2=O. The molecule has 10 nitrogen and oxygen atoms in total. The third-order valence-corrected chi connectivity index (χ3v) is 8.49. The van der Waals surface area contributed by atoms with Gasteiger partial charge in [0.25, 0.3) is 17.4 Å². The molecule has 0 aliphatic carbocycles. The Morgan fingerprint density at radius 1 is 0.956 bits per heavy atom. The van der Waals surface area contributed by atoms with Gasteiger partial charge in [-0.2, -0.15) is 0 Å². The minimum absolute atomic E-state index is 0.0480. The average molecular weight is 608 g/mol. The van der Waals surface area contributed by atoms with Gasteiger partial charge in [0, 0.05) is 80.6 Å². The predicted octanol–water partition coefficient (Wildman–Crippen LogP) is 4.03. The number of nitrogens with zero attached hydrogens (tertiary/aromatic N) is 4. The van der Waals surface area contributed by atoms with E-state index in [4.69, 9.17) is 4.74 Å². The molecule has 2 aliphatic rings. The summed E-state index contributed by atoms with van der Waals surface area (Å²) in [6.45, 7) is 2.40. The van der Waals surface area contributed by atoms with Crippen LogP contribution in [0.5, 0.6) is 0 Å². The molecule has 232 valence electrons. The van der Waals surface area contributed by atoms with Crippen molar-refractivity contribution < 1.29 is 19.4 Å². The van der Waals surface area contributed by atoms with Crippen LogP contribution in [0.4, 0.5) is 22.7 Å². The number of aliphatic hydroxyl groups excluding tert-OH is 1. The topological polar surface area (TPSA) is 107 Å². The summed E-state index contributed by atoms with van der Waals surface area (Å²) in [6, 6.07) is 20.3. The van der Waals surface area contributed by atoms with Gasteiger partial charge in [0.2, 0.25) is 0 Å². The van der Waals surface area contributed by atoms with Crippen LogP contribution in [0.1, 0.15) is 31.8 Å². The number of hydrogen-bond acceptors (Lipinski definition) is 7. The van der Waals surface area contributed by atoms with Crippen LogP contribution in [0.15, 0.2) is 77.7 Å². The first-order chi connectivity index (χ1) is 21.7. The van der Waals surface area contributed by atoms with Crippen LogP contribution in [0, 0.1) is 0 Å². The van der Waals surface area contributed by atoms with Gasteiger partial charge in [0.05, 0.1) is 25.5 Å². The van der Waals surface area contributed by atoms with Crippen LogP contribution in [-0.2, 0) is 24.8 Å². The minimum atomic E-state index is -0.286. The van der Waals surface area contributed by atoms with E-state index in [0.717, 1.165) is 16.8 Å². The molecule has 1 fully saturated rings. The number of nitrogens with one attached hydrogen (secondary N) is 1. The van der Waals surface area contributed by atoms with E-state index >= 15 is 0 Å². The van der Waals surface area contributed by atoms with Crippen LogP contribution in [-0.4, -0.2) is 73.3 Å². The second kappa shape index (κ2) is 12.6. The Morgan fingerprint density at radius 2 is 1.71 bits per heavy atom. The van der Waals surface area contributed by atoms with E-state index in [1.807, 2.05) is 49.3 Å². The first-order valence-electron chi connectivity index (χ1n) is 15.0. The molecule has 4 aromatic rings. The lowest BCUT2D eigenvalue weighted by atomic mass is 9.94. The maximum Gasteiger partial charge on any atom is 0.274 e. The number of benzene rings is 3. The molecule has 0 radical (unpaired) electrons. The second-order valence-corrected chi connectivity index (χ2v) is 11.6. The normalized spacial score (nSPS) is 14.7. The number of rotatable bonds is 7. The molecule has 0 saturated carbocycles. The third-order valence-electron chi connectivity index (χ3n) is 8.49. The first-order valence-corrected chi connectivity index (χ1v) is 15.0. The predicted molar refractivity (Wildman–Crippen MR) is 176 cm³/mol. The van der Waals surface area contributed by atoms with Gasteiger partial charge in [-0.3, -0.25) is 14.4 Å². The lowest BCUT2D eigenvalue weighted by Gasteiger charge is -2.31. The molecule has 0 bridgehead atoms. The fourth-order valence-electron chi connectivity index (χ4n) is 6.00. The number of hydrogen-bond donors (Lipinski definition) is 2. The summed E-state index contributed by atoms with van der Waals surface area (Å²) >= 11 is 0. The van der Waals surface area contributed by atoms with E-state index in [9.17, 15) is 19.5 Å². The van der Waals surface area contributed by atoms with Crippen molar-refractivity contribution in [2.24, 2.45) is 7.05 Å². The fraction of sp³-hybridized carbons (Fsp3) is 0.286. The summed E-state index contributed by atoms with van der Waals surface area (Å²) in [7, 11) is 5.63. The lowest BCUT2D eigenvalue weighted by Crippen LogP contribution is -2.40. The highest BCUT2D eigenvalue weighted by atomic mass is 16.5. The highest BCUT2D eigenvalue weighted by Gasteiger charge is 2.28. The lowest BCUT2D eigenvalue weighted by molar-refractivity contribution is 0.0303. The highest BCUT2D eigenvalue weighted by molar-refractivity contribution is 6.09. The average Bonchev–Trinajstić information content (AvgIpc) is 3.06. The summed E-state index contributed by atoms with van der Waals surface area (Å²) in [5.74, 6) is -0.153.